The van der Waals surface area contributed by atoms with Crippen molar-refractivity contribution in [1.82, 2.24) is 0 Å². The molecule has 0 amide bonds. The number of aliphatic hydroxyl groups excluding tert-OH is 2. The number of carbonyl (C=O) groups excluding carboxylic acids is 1. The van der Waals surface area contributed by atoms with Gasteiger partial charge in [0.1, 0.15) is 43.5 Å². The van der Waals surface area contributed by atoms with Crippen LogP contribution in [0.1, 0.15) is 31.9 Å². The van der Waals surface area contributed by atoms with Gasteiger partial charge in [-0.2, -0.15) is 0 Å². The average Bonchev–Trinajstić information content (AvgIpc) is 2.81. The lowest BCUT2D eigenvalue weighted by Gasteiger charge is -2.26. The monoisotopic (exact) mass is 458 g/mol. The van der Waals surface area contributed by atoms with Gasteiger partial charge >= 0.3 is 5.97 Å². The Morgan fingerprint density at radius 2 is 1.30 bits per heavy atom. The third-order valence-corrected chi connectivity index (χ3v) is 5.12. The first-order valence-corrected chi connectivity index (χ1v) is 10.9. The van der Waals surface area contributed by atoms with E-state index in [1.165, 1.54) is 13.2 Å². The van der Waals surface area contributed by atoms with Crippen LogP contribution in [0.3, 0.4) is 0 Å². The molecule has 0 aliphatic carbocycles. The Morgan fingerprint density at radius 3 is 1.73 bits per heavy atom. The van der Waals surface area contributed by atoms with E-state index in [2.05, 4.69) is 13.8 Å². The third kappa shape index (κ3) is 8.53. The second-order valence-corrected chi connectivity index (χ2v) is 8.19. The molecule has 0 aliphatic rings. The van der Waals surface area contributed by atoms with Crippen molar-refractivity contribution in [3.8, 4) is 11.5 Å². The lowest BCUT2D eigenvalue weighted by atomic mass is 9.78. The van der Waals surface area contributed by atoms with Crippen LogP contribution in [0.2, 0.25) is 0 Å². The largest absolute Gasteiger partial charge is 0.491 e. The van der Waals surface area contributed by atoms with Gasteiger partial charge in [-0.25, -0.2) is 4.79 Å². The number of benzene rings is 2. The molecule has 33 heavy (non-hydrogen) atoms. The molecule has 2 atom stereocenters. The predicted molar refractivity (Wildman–Crippen MR) is 126 cm³/mol. The van der Waals surface area contributed by atoms with Crippen LogP contribution in [0.5, 0.6) is 11.5 Å². The minimum atomic E-state index is -0.910. The number of rotatable bonds is 13. The summed E-state index contributed by atoms with van der Waals surface area (Å²) in [6.45, 7) is 6.27. The summed E-state index contributed by atoms with van der Waals surface area (Å²) < 4.78 is 21.0. The molecule has 0 saturated carbocycles. The maximum atomic E-state index is 11.3. The number of carbonyl (C=O) groups is 1. The Bertz CT molecular complexity index is 873. The van der Waals surface area contributed by atoms with Crippen LogP contribution in [0.4, 0.5) is 0 Å². The molecule has 180 valence electrons. The van der Waals surface area contributed by atoms with E-state index in [-0.39, 0.29) is 31.8 Å². The van der Waals surface area contributed by atoms with E-state index in [1.807, 2.05) is 48.5 Å². The zero-order valence-corrected chi connectivity index (χ0v) is 19.7. The first-order chi connectivity index (χ1) is 15.8. The average molecular weight is 459 g/mol. The molecule has 0 aromatic heterocycles. The van der Waals surface area contributed by atoms with E-state index >= 15 is 0 Å². The van der Waals surface area contributed by atoms with Crippen LogP contribution in [0, 0.1) is 0 Å². The zero-order chi connectivity index (χ0) is 24.3. The highest BCUT2D eigenvalue weighted by Crippen LogP contribution is 2.33. The summed E-state index contributed by atoms with van der Waals surface area (Å²) in [6.07, 6.45) is 1.29. The second-order valence-electron chi connectivity index (χ2n) is 8.19. The number of aliphatic hydroxyl groups is 2. The van der Waals surface area contributed by atoms with Gasteiger partial charge in [-0.3, -0.25) is 0 Å². The van der Waals surface area contributed by atoms with E-state index < -0.39 is 18.2 Å². The number of ether oxygens (including phenoxy) is 4. The normalized spacial score (nSPS) is 13.5. The Hall–Kier alpha value is -2.87. The first-order valence-electron chi connectivity index (χ1n) is 10.9. The quantitative estimate of drug-likeness (QED) is 0.351. The summed E-state index contributed by atoms with van der Waals surface area (Å²) >= 11 is 0. The lowest BCUT2D eigenvalue weighted by molar-refractivity contribution is -0.141. The highest BCUT2D eigenvalue weighted by Gasteiger charge is 2.23. The van der Waals surface area contributed by atoms with Crippen molar-refractivity contribution in [1.29, 1.82) is 0 Å². The number of hydrogen-bond donors (Lipinski definition) is 2. The molecule has 7 heteroatoms. The minimum Gasteiger partial charge on any atom is -0.491 e. The van der Waals surface area contributed by atoms with Gasteiger partial charge < -0.3 is 29.2 Å². The summed E-state index contributed by atoms with van der Waals surface area (Å²) in [4.78, 5) is 11.3. The molecule has 0 radical (unpaired) electrons. The fourth-order valence-corrected chi connectivity index (χ4v) is 3.14. The van der Waals surface area contributed by atoms with E-state index in [1.54, 1.807) is 13.0 Å². The Morgan fingerprint density at radius 1 is 0.848 bits per heavy atom. The summed E-state index contributed by atoms with van der Waals surface area (Å²) in [6, 6.07) is 15.5. The highest BCUT2D eigenvalue weighted by molar-refractivity contribution is 5.81. The summed E-state index contributed by atoms with van der Waals surface area (Å²) in [7, 11) is 1.54. The molecular formula is C26H34O7. The molecule has 2 N–H and O–H groups in total. The van der Waals surface area contributed by atoms with Crippen molar-refractivity contribution >= 4 is 5.97 Å². The van der Waals surface area contributed by atoms with Crippen molar-refractivity contribution in [2.75, 3.05) is 33.5 Å². The minimum absolute atomic E-state index is 0.0202. The first kappa shape index (κ1) is 26.4. The number of esters is 1. The smallest absolute Gasteiger partial charge is 0.330 e. The van der Waals surface area contributed by atoms with Crippen LogP contribution in [0.25, 0.3) is 0 Å². The highest BCUT2D eigenvalue weighted by atomic mass is 16.5. The fourth-order valence-electron chi connectivity index (χ4n) is 3.14. The Labute approximate surface area is 195 Å². The predicted octanol–water partition coefficient (Wildman–Crippen LogP) is 3.26. The van der Waals surface area contributed by atoms with Crippen LogP contribution in [0.15, 0.2) is 60.7 Å². The van der Waals surface area contributed by atoms with E-state index in [0.29, 0.717) is 11.5 Å². The zero-order valence-electron chi connectivity index (χ0n) is 19.7. The molecule has 0 aliphatic heterocycles. The molecule has 0 bridgehead atoms. The molecule has 7 nitrogen and oxygen atoms in total. The van der Waals surface area contributed by atoms with Gasteiger partial charge in [-0.15, -0.1) is 0 Å². The molecule has 0 heterocycles. The number of methoxy groups -OCH3 is 1. The molecule has 0 fully saturated rings. The van der Waals surface area contributed by atoms with Crippen LogP contribution in [-0.2, 0) is 19.7 Å². The summed E-state index contributed by atoms with van der Waals surface area (Å²) in [5.74, 6) is 0.807. The van der Waals surface area contributed by atoms with E-state index in [0.717, 1.165) is 11.1 Å². The van der Waals surface area contributed by atoms with Crippen molar-refractivity contribution in [3.05, 3.63) is 71.8 Å². The molecular weight excluding hydrogens is 424 g/mol. The van der Waals surface area contributed by atoms with Gasteiger partial charge in [0.15, 0.2) is 0 Å². The third-order valence-electron chi connectivity index (χ3n) is 5.12. The fraction of sp³-hybridized carbons (Fsp3) is 0.423. The number of allylic oxidation sites excluding steroid dienone is 1. The van der Waals surface area contributed by atoms with E-state index in [4.69, 9.17) is 18.9 Å². The maximum Gasteiger partial charge on any atom is 0.330 e. The summed E-state index contributed by atoms with van der Waals surface area (Å²) in [5, 5.41) is 19.6. The molecule has 2 rings (SSSR count). The van der Waals surface area contributed by atoms with Crippen molar-refractivity contribution in [2.45, 2.75) is 38.4 Å². The Balaban J connectivity index is 1.91. The van der Waals surface area contributed by atoms with E-state index in [9.17, 15) is 15.0 Å². The van der Waals surface area contributed by atoms with Crippen molar-refractivity contribution in [2.24, 2.45) is 0 Å². The van der Waals surface area contributed by atoms with Gasteiger partial charge in [0, 0.05) is 18.6 Å². The standard InChI is InChI=1S/C26H34O7/c1-5-6-25(29)33-18-22(28)17-32-24-13-9-20(10-14-24)26(2,3)19-7-11-23(12-8-19)31-16-21(27)15-30-4/h5-14,21-22,27-28H,15-18H2,1-4H3. The van der Waals surface area contributed by atoms with Gasteiger partial charge in [0.25, 0.3) is 0 Å². The van der Waals surface area contributed by atoms with Gasteiger partial charge in [0.05, 0.1) is 6.61 Å². The van der Waals surface area contributed by atoms with Gasteiger partial charge in [-0.05, 0) is 42.3 Å². The molecule has 2 aromatic carbocycles. The molecule has 2 aromatic rings. The topological polar surface area (TPSA) is 94.5 Å². The molecule has 2 unspecified atom stereocenters. The van der Waals surface area contributed by atoms with Gasteiger partial charge in [0.2, 0.25) is 0 Å². The molecule has 0 saturated heterocycles. The summed E-state index contributed by atoms with van der Waals surface area (Å²) in [5.41, 5.74) is 1.95. The molecule has 0 spiro atoms. The Kier molecular flexibility index (Phi) is 10.4. The van der Waals surface area contributed by atoms with Crippen LogP contribution < -0.4 is 9.47 Å². The SMILES string of the molecule is CC=CC(=O)OCC(O)COc1ccc(C(C)(C)c2ccc(OCC(O)COC)cc2)cc1. The van der Waals surface area contributed by atoms with Gasteiger partial charge in [-0.1, -0.05) is 44.2 Å². The number of hydrogen-bond acceptors (Lipinski definition) is 7. The van der Waals surface area contributed by atoms with Crippen LogP contribution in [-0.4, -0.2) is 61.9 Å². The van der Waals surface area contributed by atoms with Crippen LogP contribution >= 0.6 is 0 Å². The van der Waals surface area contributed by atoms with Crippen molar-refractivity contribution in [3.63, 3.8) is 0 Å². The maximum absolute atomic E-state index is 11.3. The second kappa shape index (κ2) is 13.0. The lowest BCUT2D eigenvalue weighted by Crippen LogP contribution is -2.24. The van der Waals surface area contributed by atoms with Crippen molar-refractivity contribution < 1.29 is 34.0 Å².